The van der Waals surface area contributed by atoms with Crippen LogP contribution in [0.1, 0.15) is 0 Å². The van der Waals surface area contributed by atoms with E-state index in [4.69, 9.17) is 15.7 Å². The van der Waals surface area contributed by atoms with Crippen molar-refractivity contribution in [1.82, 2.24) is 5.32 Å². The predicted molar refractivity (Wildman–Crippen MR) is 38.3 cm³/mol. The summed E-state index contributed by atoms with van der Waals surface area (Å²) in [4.78, 5) is 0. The second-order valence-corrected chi connectivity index (χ2v) is 1.91. The van der Waals surface area contributed by atoms with Crippen LogP contribution in [-0.2, 0) is 4.74 Å². The van der Waals surface area contributed by atoms with E-state index in [0.29, 0.717) is 13.2 Å². The zero-order valence-electron chi connectivity index (χ0n) is 6.13. The molecule has 0 aromatic carbocycles. The number of nitrogens with two attached hydrogens (primary N) is 1. The van der Waals surface area contributed by atoms with Crippen LogP contribution in [0.25, 0.3) is 0 Å². The third-order valence-corrected chi connectivity index (χ3v) is 0.960. The van der Waals surface area contributed by atoms with Gasteiger partial charge in [-0.1, -0.05) is 0 Å². The molecule has 0 aromatic heterocycles. The van der Waals surface area contributed by atoms with Crippen molar-refractivity contribution in [2.75, 3.05) is 26.8 Å². The Hall–Kier alpha value is -0.630. The maximum absolute atomic E-state index is 8.22. The smallest absolute Gasteiger partial charge is 0.116 e. The van der Waals surface area contributed by atoms with Gasteiger partial charge in [-0.05, 0) is 7.05 Å². The number of rotatable bonds is 5. The molecule has 1 atom stereocenters. The summed E-state index contributed by atoms with van der Waals surface area (Å²) in [5.74, 6) is 0. The van der Waals surface area contributed by atoms with Gasteiger partial charge in [0.15, 0.2) is 0 Å². The lowest BCUT2D eigenvalue weighted by Crippen LogP contribution is -2.26. The number of nitrogens with one attached hydrogen (secondary N) is 1. The summed E-state index contributed by atoms with van der Waals surface area (Å²) in [5, 5.41) is 11.1. The molecule has 0 spiro atoms. The standard InChI is InChI=1S/C6H13N3O/c1-9-2-3-10-5-6(8)4-7/h6,9H,2-3,5,8H2,1H3. The number of hydrogen-bond acceptors (Lipinski definition) is 4. The normalized spacial score (nSPS) is 12.5. The highest BCUT2D eigenvalue weighted by Crippen LogP contribution is 1.77. The van der Waals surface area contributed by atoms with Gasteiger partial charge in [0.25, 0.3) is 0 Å². The zero-order chi connectivity index (χ0) is 7.82. The molecule has 0 amide bonds. The largest absolute Gasteiger partial charge is 0.377 e. The van der Waals surface area contributed by atoms with Gasteiger partial charge >= 0.3 is 0 Å². The van der Waals surface area contributed by atoms with Crippen molar-refractivity contribution in [3.05, 3.63) is 0 Å². The molecule has 0 aliphatic heterocycles. The summed E-state index contributed by atoms with van der Waals surface area (Å²) in [6.45, 7) is 1.71. The Morgan fingerprint density at radius 3 is 3.00 bits per heavy atom. The molecule has 10 heavy (non-hydrogen) atoms. The first-order valence-electron chi connectivity index (χ1n) is 3.18. The Morgan fingerprint density at radius 1 is 1.80 bits per heavy atom. The second kappa shape index (κ2) is 6.49. The van der Waals surface area contributed by atoms with Gasteiger partial charge in [-0.2, -0.15) is 5.26 Å². The topological polar surface area (TPSA) is 71.1 Å². The van der Waals surface area contributed by atoms with Crippen LogP contribution in [0, 0.1) is 11.3 Å². The van der Waals surface area contributed by atoms with E-state index in [2.05, 4.69) is 5.32 Å². The molecule has 0 bridgehead atoms. The summed E-state index contributed by atoms with van der Waals surface area (Å²) in [5.41, 5.74) is 5.25. The van der Waals surface area contributed by atoms with E-state index in [0.717, 1.165) is 6.54 Å². The number of ether oxygens (including phenoxy) is 1. The zero-order valence-corrected chi connectivity index (χ0v) is 6.13. The van der Waals surface area contributed by atoms with Crippen molar-refractivity contribution in [3.8, 4) is 6.07 Å². The van der Waals surface area contributed by atoms with E-state index >= 15 is 0 Å². The summed E-state index contributed by atoms with van der Waals surface area (Å²) >= 11 is 0. The Bertz CT molecular complexity index is 110. The molecule has 0 aliphatic carbocycles. The highest BCUT2D eigenvalue weighted by atomic mass is 16.5. The van der Waals surface area contributed by atoms with Crippen LogP contribution in [0.5, 0.6) is 0 Å². The van der Waals surface area contributed by atoms with Crippen LogP contribution in [0.4, 0.5) is 0 Å². The average molecular weight is 143 g/mol. The first kappa shape index (κ1) is 9.37. The Kier molecular flexibility index (Phi) is 6.08. The van der Waals surface area contributed by atoms with E-state index in [1.807, 2.05) is 13.1 Å². The molecular weight excluding hydrogens is 130 g/mol. The van der Waals surface area contributed by atoms with E-state index in [9.17, 15) is 0 Å². The van der Waals surface area contributed by atoms with E-state index in [-0.39, 0.29) is 0 Å². The van der Waals surface area contributed by atoms with Gasteiger partial charge in [-0.25, -0.2) is 0 Å². The van der Waals surface area contributed by atoms with Crippen molar-refractivity contribution >= 4 is 0 Å². The fourth-order valence-electron chi connectivity index (χ4n) is 0.422. The summed E-state index contributed by atoms with van der Waals surface area (Å²) in [7, 11) is 1.84. The molecule has 0 saturated heterocycles. The van der Waals surface area contributed by atoms with Crippen molar-refractivity contribution in [1.29, 1.82) is 5.26 Å². The fraction of sp³-hybridized carbons (Fsp3) is 0.833. The van der Waals surface area contributed by atoms with Gasteiger partial charge in [-0.15, -0.1) is 0 Å². The van der Waals surface area contributed by atoms with Crippen LogP contribution in [0.3, 0.4) is 0 Å². The maximum atomic E-state index is 8.22. The van der Waals surface area contributed by atoms with E-state index in [1.54, 1.807) is 0 Å². The van der Waals surface area contributed by atoms with Gasteiger partial charge < -0.3 is 15.8 Å². The molecule has 58 valence electrons. The molecule has 0 fully saturated rings. The van der Waals surface area contributed by atoms with Gasteiger partial charge in [0.1, 0.15) is 6.04 Å². The molecule has 0 radical (unpaired) electrons. The van der Waals surface area contributed by atoms with Crippen molar-refractivity contribution in [3.63, 3.8) is 0 Å². The first-order valence-corrected chi connectivity index (χ1v) is 3.18. The van der Waals surface area contributed by atoms with Crippen LogP contribution in [0.2, 0.25) is 0 Å². The van der Waals surface area contributed by atoms with E-state index in [1.165, 1.54) is 0 Å². The fourth-order valence-corrected chi connectivity index (χ4v) is 0.422. The Balaban J connectivity index is 2.98. The van der Waals surface area contributed by atoms with Crippen molar-refractivity contribution in [2.24, 2.45) is 5.73 Å². The monoisotopic (exact) mass is 143 g/mol. The lowest BCUT2D eigenvalue weighted by atomic mass is 10.4. The predicted octanol–water partition coefficient (Wildman–Crippen LogP) is -0.927. The number of nitriles is 1. The van der Waals surface area contributed by atoms with Crippen LogP contribution < -0.4 is 11.1 Å². The lowest BCUT2D eigenvalue weighted by molar-refractivity contribution is 0.134. The highest BCUT2D eigenvalue weighted by molar-refractivity contribution is 4.85. The molecule has 1 unspecified atom stereocenters. The third kappa shape index (κ3) is 5.51. The SMILES string of the molecule is CNCCOCC(N)C#N. The first-order chi connectivity index (χ1) is 4.81. The lowest BCUT2D eigenvalue weighted by Gasteiger charge is -2.03. The van der Waals surface area contributed by atoms with Crippen molar-refractivity contribution in [2.45, 2.75) is 6.04 Å². The number of likely N-dealkylation sites (N-methyl/N-ethyl adjacent to an activating group) is 1. The highest BCUT2D eigenvalue weighted by Gasteiger charge is 1.97. The summed E-state index contributed by atoms with van der Waals surface area (Å²) < 4.78 is 5.02. The van der Waals surface area contributed by atoms with Gasteiger partial charge in [0.2, 0.25) is 0 Å². The Labute approximate surface area is 61.0 Å². The molecule has 0 rings (SSSR count). The molecule has 3 N–H and O–H groups in total. The van der Waals surface area contributed by atoms with Gasteiger partial charge in [0.05, 0.1) is 19.3 Å². The minimum Gasteiger partial charge on any atom is -0.377 e. The number of nitrogens with zero attached hydrogens (tertiary/aromatic N) is 1. The Morgan fingerprint density at radius 2 is 2.50 bits per heavy atom. The minimum absolute atomic E-state index is 0.318. The molecule has 0 aliphatic rings. The number of hydrogen-bond donors (Lipinski definition) is 2. The molecule has 0 aromatic rings. The summed E-state index contributed by atoms with van der Waals surface area (Å²) in [6, 6.07) is 1.39. The van der Waals surface area contributed by atoms with Crippen LogP contribution in [0.15, 0.2) is 0 Å². The molecule has 4 nitrogen and oxygen atoms in total. The molecule has 0 heterocycles. The average Bonchev–Trinajstić information content (AvgIpc) is 1.98. The second-order valence-electron chi connectivity index (χ2n) is 1.91. The van der Waals surface area contributed by atoms with Crippen molar-refractivity contribution < 1.29 is 4.74 Å². The molecule has 4 heteroatoms. The quantitative estimate of drug-likeness (QED) is 0.488. The summed E-state index contributed by atoms with van der Waals surface area (Å²) in [6.07, 6.45) is 0. The van der Waals surface area contributed by atoms with E-state index < -0.39 is 6.04 Å². The van der Waals surface area contributed by atoms with Gasteiger partial charge in [-0.3, -0.25) is 0 Å². The molecule has 0 saturated carbocycles. The third-order valence-electron chi connectivity index (χ3n) is 0.960. The maximum Gasteiger partial charge on any atom is 0.116 e. The van der Waals surface area contributed by atoms with Crippen LogP contribution in [-0.4, -0.2) is 32.8 Å². The minimum atomic E-state index is -0.489. The molecular formula is C6H13N3O. The van der Waals surface area contributed by atoms with Crippen LogP contribution >= 0.6 is 0 Å². The van der Waals surface area contributed by atoms with Gasteiger partial charge in [0, 0.05) is 6.54 Å².